The molecule has 2 rings (SSSR count). The van der Waals surface area contributed by atoms with E-state index in [1.165, 1.54) is 18.4 Å². The van der Waals surface area contributed by atoms with Gasteiger partial charge in [0.15, 0.2) is 0 Å². The number of aliphatic hydroxyl groups excluding tert-OH is 1. The molecule has 1 saturated carbocycles. The zero-order valence-electron chi connectivity index (χ0n) is 9.32. The molecule has 1 aliphatic rings. The van der Waals surface area contributed by atoms with Crippen molar-refractivity contribution in [3.63, 3.8) is 0 Å². The van der Waals surface area contributed by atoms with Gasteiger partial charge >= 0.3 is 0 Å². The fourth-order valence-electron chi connectivity index (χ4n) is 1.88. The van der Waals surface area contributed by atoms with Crippen LogP contribution in [0.15, 0.2) is 30.3 Å². The summed E-state index contributed by atoms with van der Waals surface area (Å²) in [5.41, 5.74) is 1.50. The van der Waals surface area contributed by atoms with Gasteiger partial charge in [-0.1, -0.05) is 52.9 Å². The van der Waals surface area contributed by atoms with Crippen LogP contribution in [0.2, 0.25) is 0 Å². The number of hydrogen-bond acceptors (Lipinski definition) is 2. The van der Waals surface area contributed by atoms with Gasteiger partial charge in [0.05, 0.1) is 6.10 Å². The first kappa shape index (κ1) is 12.3. The van der Waals surface area contributed by atoms with Crippen LogP contribution in [0, 0.1) is 5.41 Å². The predicted molar refractivity (Wildman–Crippen MR) is 74.7 cm³/mol. The Bertz CT molecular complexity index is 324. The number of rotatable bonds is 6. The maximum absolute atomic E-state index is 10.1. The van der Waals surface area contributed by atoms with Crippen LogP contribution in [-0.2, 0) is 6.54 Å². The van der Waals surface area contributed by atoms with Gasteiger partial charge in [-0.15, -0.1) is 0 Å². The number of halogens is 1. The third kappa shape index (κ3) is 2.96. The standard InChI is InChI=1S/C13H18INO/c14-10-13(6-7-13)12(16)9-15-8-11-4-2-1-3-5-11/h1-5,12,15-16H,6-10H2. The molecule has 0 bridgehead atoms. The van der Waals surface area contributed by atoms with E-state index in [0.29, 0.717) is 6.54 Å². The van der Waals surface area contributed by atoms with Crippen molar-refractivity contribution in [3.05, 3.63) is 35.9 Å². The largest absolute Gasteiger partial charge is 0.391 e. The predicted octanol–water partition coefficient (Wildman–Crippen LogP) is 2.35. The third-order valence-corrected chi connectivity index (χ3v) is 4.89. The normalized spacial score (nSPS) is 19.4. The highest BCUT2D eigenvalue weighted by Crippen LogP contribution is 2.50. The second-order valence-electron chi connectivity index (χ2n) is 4.63. The SMILES string of the molecule is OC(CNCc1ccccc1)C1(CI)CC1. The molecule has 0 spiro atoms. The van der Waals surface area contributed by atoms with Crippen molar-refractivity contribution in [3.8, 4) is 0 Å². The molecule has 0 amide bonds. The van der Waals surface area contributed by atoms with Crippen molar-refractivity contribution in [1.82, 2.24) is 5.32 Å². The molecule has 1 atom stereocenters. The number of benzene rings is 1. The number of alkyl halides is 1. The zero-order valence-corrected chi connectivity index (χ0v) is 11.5. The van der Waals surface area contributed by atoms with E-state index in [2.05, 4.69) is 40.0 Å². The van der Waals surface area contributed by atoms with Gasteiger partial charge in [-0.05, 0) is 18.4 Å². The lowest BCUT2D eigenvalue weighted by Crippen LogP contribution is -2.34. The van der Waals surface area contributed by atoms with E-state index in [4.69, 9.17) is 0 Å². The van der Waals surface area contributed by atoms with Crippen LogP contribution in [-0.4, -0.2) is 22.2 Å². The molecule has 2 nitrogen and oxygen atoms in total. The molecule has 0 radical (unpaired) electrons. The Hall–Kier alpha value is -0.130. The summed E-state index contributed by atoms with van der Waals surface area (Å²) in [4.78, 5) is 0. The number of aliphatic hydroxyl groups is 1. The fraction of sp³-hybridized carbons (Fsp3) is 0.538. The summed E-state index contributed by atoms with van der Waals surface area (Å²) in [6.07, 6.45) is 2.18. The second kappa shape index (κ2) is 5.47. The lowest BCUT2D eigenvalue weighted by atomic mass is 10.0. The Balaban J connectivity index is 1.72. The van der Waals surface area contributed by atoms with Gasteiger partial charge in [-0.2, -0.15) is 0 Å². The van der Waals surface area contributed by atoms with Crippen molar-refractivity contribution in [2.75, 3.05) is 11.0 Å². The van der Waals surface area contributed by atoms with Gasteiger partial charge in [0.2, 0.25) is 0 Å². The summed E-state index contributed by atoms with van der Waals surface area (Å²) >= 11 is 2.38. The molecule has 2 N–H and O–H groups in total. The maximum atomic E-state index is 10.1. The van der Waals surface area contributed by atoms with Crippen molar-refractivity contribution in [2.45, 2.75) is 25.5 Å². The lowest BCUT2D eigenvalue weighted by molar-refractivity contribution is 0.105. The molecule has 0 aromatic heterocycles. The molecule has 88 valence electrons. The molecular weight excluding hydrogens is 313 g/mol. The molecule has 1 fully saturated rings. The Morgan fingerprint density at radius 3 is 2.56 bits per heavy atom. The minimum absolute atomic E-state index is 0.187. The summed E-state index contributed by atoms with van der Waals surface area (Å²) in [5, 5.41) is 13.4. The minimum atomic E-state index is -0.187. The highest BCUT2D eigenvalue weighted by Gasteiger charge is 2.47. The molecule has 1 aliphatic carbocycles. The van der Waals surface area contributed by atoms with Gasteiger partial charge in [0, 0.05) is 22.9 Å². The molecule has 1 unspecified atom stereocenters. The Morgan fingerprint density at radius 1 is 1.31 bits per heavy atom. The number of hydrogen-bond donors (Lipinski definition) is 2. The molecule has 16 heavy (non-hydrogen) atoms. The van der Waals surface area contributed by atoms with Crippen LogP contribution in [0.1, 0.15) is 18.4 Å². The van der Waals surface area contributed by atoms with Gasteiger partial charge in [-0.25, -0.2) is 0 Å². The van der Waals surface area contributed by atoms with Crippen LogP contribution in [0.4, 0.5) is 0 Å². The van der Waals surface area contributed by atoms with Crippen molar-refractivity contribution in [2.24, 2.45) is 5.41 Å². The van der Waals surface area contributed by atoms with E-state index < -0.39 is 0 Å². The second-order valence-corrected chi connectivity index (χ2v) is 5.39. The lowest BCUT2D eigenvalue weighted by Gasteiger charge is -2.20. The van der Waals surface area contributed by atoms with E-state index in [0.717, 1.165) is 11.0 Å². The zero-order chi connectivity index (χ0) is 11.4. The van der Waals surface area contributed by atoms with Gasteiger partial charge < -0.3 is 10.4 Å². The molecule has 1 aromatic rings. The monoisotopic (exact) mass is 331 g/mol. The quantitative estimate of drug-likeness (QED) is 0.620. The summed E-state index contributed by atoms with van der Waals surface area (Å²) in [7, 11) is 0. The molecule has 1 aromatic carbocycles. The number of nitrogens with one attached hydrogen (secondary N) is 1. The summed E-state index contributed by atoms with van der Waals surface area (Å²) < 4.78 is 1.07. The average molecular weight is 331 g/mol. The Morgan fingerprint density at radius 2 is 2.00 bits per heavy atom. The highest BCUT2D eigenvalue weighted by molar-refractivity contribution is 14.1. The van der Waals surface area contributed by atoms with E-state index in [1.807, 2.05) is 18.2 Å². The first-order chi connectivity index (χ1) is 7.77. The molecule has 0 saturated heterocycles. The van der Waals surface area contributed by atoms with Gasteiger partial charge in [0.25, 0.3) is 0 Å². The molecule has 0 aliphatic heterocycles. The van der Waals surface area contributed by atoms with E-state index >= 15 is 0 Å². The first-order valence-corrected chi connectivity index (χ1v) is 7.28. The maximum Gasteiger partial charge on any atom is 0.0728 e. The van der Waals surface area contributed by atoms with E-state index in [-0.39, 0.29) is 11.5 Å². The summed E-state index contributed by atoms with van der Waals surface area (Å²) in [6, 6.07) is 10.3. The van der Waals surface area contributed by atoms with Crippen LogP contribution in [0.3, 0.4) is 0 Å². The average Bonchev–Trinajstić information content (AvgIpc) is 3.11. The highest BCUT2D eigenvalue weighted by atomic mass is 127. The summed E-state index contributed by atoms with van der Waals surface area (Å²) in [6.45, 7) is 1.55. The molecule has 0 heterocycles. The van der Waals surface area contributed by atoms with Gasteiger partial charge in [-0.3, -0.25) is 0 Å². The molecule has 3 heteroatoms. The van der Waals surface area contributed by atoms with Crippen LogP contribution >= 0.6 is 22.6 Å². The van der Waals surface area contributed by atoms with Crippen LogP contribution < -0.4 is 5.32 Å². The Kier molecular flexibility index (Phi) is 4.21. The topological polar surface area (TPSA) is 32.3 Å². The van der Waals surface area contributed by atoms with Gasteiger partial charge in [0.1, 0.15) is 0 Å². The smallest absolute Gasteiger partial charge is 0.0728 e. The van der Waals surface area contributed by atoms with Crippen molar-refractivity contribution >= 4 is 22.6 Å². The van der Waals surface area contributed by atoms with E-state index in [9.17, 15) is 5.11 Å². The fourth-order valence-corrected chi connectivity index (χ4v) is 3.15. The van der Waals surface area contributed by atoms with Crippen LogP contribution in [0.25, 0.3) is 0 Å². The Labute approximate surface area is 111 Å². The minimum Gasteiger partial charge on any atom is -0.391 e. The van der Waals surface area contributed by atoms with Crippen LogP contribution in [0.5, 0.6) is 0 Å². The van der Waals surface area contributed by atoms with Crippen molar-refractivity contribution < 1.29 is 5.11 Å². The molecular formula is C13H18INO. The van der Waals surface area contributed by atoms with E-state index in [1.54, 1.807) is 0 Å². The first-order valence-electron chi connectivity index (χ1n) is 5.75. The van der Waals surface area contributed by atoms with Crippen molar-refractivity contribution in [1.29, 1.82) is 0 Å². The third-order valence-electron chi connectivity index (χ3n) is 3.37. The summed E-state index contributed by atoms with van der Waals surface area (Å²) in [5.74, 6) is 0.